The normalized spacial score (nSPS) is 10.1. The van der Waals surface area contributed by atoms with Crippen molar-refractivity contribution in [3.63, 3.8) is 0 Å². The smallest absolute Gasteiger partial charge is 0.269 e. The molecule has 1 heterocycles. The molecule has 2 rings (SSSR count). The molecule has 0 unspecified atom stereocenters. The van der Waals surface area contributed by atoms with Gasteiger partial charge < -0.3 is 5.32 Å². The largest absolute Gasteiger partial charge is 0.352 e. The minimum Gasteiger partial charge on any atom is -0.352 e. The lowest BCUT2D eigenvalue weighted by molar-refractivity contribution is -0.384. The summed E-state index contributed by atoms with van der Waals surface area (Å²) >= 11 is 0. The zero-order valence-corrected chi connectivity index (χ0v) is 9.87. The van der Waals surface area contributed by atoms with E-state index in [0.717, 1.165) is 0 Å². The highest BCUT2D eigenvalue weighted by atomic mass is 16.6. The Morgan fingerprint density at radius 3 is 2.68 bits per heavy atom. The zero-order chi connectivity index (χ0) is 13.7. The lowest BCUT2D eigenvalue weighted by Crippen LogP contribution is -2.25. The molecule has 0 aliphatic heterocycles. The number of non-ortho nitro benzene ring substituents is 1. The maximum absolute atomic E-state index is 11.7. The van der Waals surface area contributed by atoms with Crippen molar-refractivity contribution in [3.8, 4) is 0 Å². The fraction of sp³-hybridized carbons (Fsp3) is 0.182. The van der Waals surface area contributed by atoms with E-state index < -0.39 is 4.92 Å². The van der Waals surface area contributed by atoms with Crippen LogP contribution in [0.1, 0.15) is 16.2 Å². The Bertz CT molecular complexity index is 565. The van der Waals surface area contributed by atoms with E-state index in [0.29, 0.717) is 24.4 Å². The van der Waals surface area contributed by atoms with Crippen molar-refractivity contribution < 1.29 is 9.72 Å². The van der Waals surface area contributed by atoms with Crippen LogP contribution < -0.4 is 5.32 Å². The molecule has 0 radical (unpaired) electrons. The monoisotopic (exact) mass is 261 g/mol. The van der Waals surface area contributed by atoms with Crippen molar-refractivity contribution in [2.75, 3.05) is 6.54 Å². The van der Waals surface area contributed by atoms with Gasteiger partial charge in [-0.15, -0.1) is 0 Å². The van der Waals surface area contributed by atoms with Crippen molar-refractivity contribution in [1.29, 1.82) is 0 Å². The Kier molecular flexibility index (Phi) is 3.81. The van der Waals surface area contributed by atoms with E-state index in [9.17, 15) is 14.9 Å². The lowest BCUT2D eigenvalue weighted by Gasteiger charge is -2.03. The first-order valence-corrected chi connectivity index (χ1v) is 5.53. The molecule has 0 saturated heterocycles. The van der Waals surface area contributed by atoms with Crippen LogP contribution in [0.4, 0.5) is 5.69 Å². The van der Waals surface area contributed by atoms with Gasteiger partial charge in [0.15, 0.2) is 0 Å². The summed E-state index contributed by atoms with van der Waals surface area (Å²) in [4.78, 5) is 25.6. The van der Waals surface area contributed by atoms with Crippen LogP contribution in [-0.2, 0) is 6.42 Å². The van der Waals surface area contributed by atoms with Crippen LogP contribution >= 0.6 is 0 Å². The number of amides is 1. The van der Waals surface area contributed by atoms with Gasteiger partial charge in [0, 0.05) is 30.7 Å². The molecular weight excluding hydrogens is 250 g/mol. The maximum atomic E-state index is 11.7. The molecule has 8 heteroatoms. The summed E-state index contributed by atoms with van der Waals surface area (Å²) in [6.07, 6.45) is 1.94. The molecule has 0 aliphatic carbocycles. The second-order valence-corrected chi connectivity index (χ2v) is 3.74. The number of carbonyl (C=O) groups is 1. The molecule has 0 fully saturated rings. The number of nitro benzene ring substituents is 1. The van der Waals surface area contributed by atoms with Crippen molar-refractivity contribution in [2.45, 2.75) is 6.42 Å². The molecule has 8 nitrogen and oxygen atoms in total. The van der Waals surface area contributed by atoms with Crippen LogP contribution in [0.2, 0.25) is 0 Å². The second kappa shape index (κ2) is 5.71. The summed E-state index contributed by atoms with van der Waals surface area (Å²) in [7, 11) is 0. The Labute approximate surface area is 108 Å². The van der Waals surface area contributed by atoms with Crippen LogP contribution in [-0.4, -0.2) is 32.6 Å². The van der Waals surface area contributed by atoms with Crippen LogP contribution in [0, 0.1) is 10.1 Å². The van der Waals surface area contributed by atoms with Gasteiger partial charge in [0.05, 0.1) is 4.92 Å². The van der Waals surface area contributed by atoms with Gasteiger partial charge in [0.1, 0.15) is 12.2 Å². The molecule has 2 aromatic rings. The van der Waals surface area contributed by atoms with E-state index in [4.69, 9.17) is 0 Å². The average Bonchev–Trinajstić information content (AvgIpc) is 2.92. The van der Waals surface area contributed by atoms with E-state index in [1.165, 1.54) is 30.6 Å². The van der Waals surface area contributed by atoms with Crippen molar-refractivity contribution in [2.24, 2.45) is 0 Å². The number of aromatic nitrogens is 3. The maximum Gasteiger partial charge on any atom is 0.269 e. The quantitative estimate of drug-likeness (QED) is 0.607. The van der Waals surface area contributed by atoms with Crippen LogP contribution in [0.3, 0.4) is 0 Å². The zero-order valence-electron chi connectivity index (χ0n) is 9.87. The highest BCUT2D eigenvalue weighted by Crippen LogP contribution is 2.11. The third kappa shape index (κ3) is 3.35. The van der Waals surface area contributed by atoms with Gasteiger partial charge in [-0.25, -0.2) is 4.98 Å². The third-order valence-corrected chi connectivity index (χ3v) is 2.45. The first-order valence-electron chi connectivity index (χ1n) is 5.53. The first kappa shape index (κ1) is 12.7. The molecule has 19 heavy (non-hydrogen) atoms. The minimum atomic E-state index is -0.508. The fourth-order valence-corrected chi connectivity index (χ4v) is 1.48. The molecule has 0 aliphatic rings. The fourth-order valence-electron chi connectivity index (χ4n) is 1.48. The number of carbonyl (C=O) groups excluding carboxylic acids is 1. The Morgan fingerprint density at radius 1 is 1.37 bits per heavy atom. The summed E-state index contributed by atoms with van der Waals surface area (Å²) in [6.45, 7) is 0.408. The van der Waals surface area contributed by atoms with E-state index >= 15 is 0 Å². The molecule has 1 aromatic carbocycles. The van der Waals surface area contributed by atoms with E-state index in [-0.39, 0.29) is 11.6 Å². The first-order chi connectivity index (χ1) is 9.16. The number of hydrogen-bond acceptors (Lipinski definition) is 5. The summed E-state index contributed by atoms with van der Waals surface area (Å²) in [5, 5.41) is 19.5. The predicted molar refractivity (Wildman–Crippen MR) is 65.5 cm³/mol. The molecule has 0 bridgehead atoms. The molecule has 98 valence electrons. The number of H-pyrrole nitrogens is 1. The van der Waals surface area contributed by atoms with Crippen molar-refractivity contribution in [1.82, 2.24) is 20.5 Å². The molecule has 0 atom stereocenters. The second-order valence-electron chi connectivity index (χ2n) is 3.74. The third-order valence-electron chi connectivity index (χ3n) is 2.45. The van der Waals surface area contributed by atoms with Crippen molar-refractivity contribution >= 4 is 11.6 Å². The van der Waals surface area contributed by atoms with Gasteiger partial charge in [0.2, 0.25) is 0 Å². The SMILES string of the molecule is O=C(NCCc1ncn[nH]1)c1ccc([N+](=O)[O-])cc1. The van der Waals surface area contributed by atoms with Crippen LogP contribution in [0.15, 0.2) is 30.6 Å². The van der Waals surface area contributed by atoms with Crippen LogP contribution in [0.5, 0.6) is 0 Å². The number of rotatable bonds is 5. The Balaban J connectivity index is 1.87. The molecular formula is C11H11N5O3. The van der Waals surface area contributed by atoms with Gasteiger partial charge in [-0.05, 0) is 12.1 Å². The van der Waals surface area contributed by atoms with E-state index in [1.807, 2.05) is 0 Å². The number of nitrogens with zero attached hydrogens (tertiary/aromatic N) is 3. The minimum absolute atomic E-state index is 0.0433. The molecule has 0 saturated carbocycles. The molecule has 1 amide bonds. The number of benzene rings is 1. The molecule has 0 spiro atoms. The van der Waals surface area contributed by atoms with Gasteiger partial charge in [0.25, 0.3) is 11.6 Å². The highest BCUT2D eigenvalue weighted by molar-refractivity contribution is 5.94. The highest BCUT2D eigenvalue weighted by Gasteiger charge is 2.09. The number of hydrogen-bond donors (Lipinski definition) is 2. The lowest BCUT2D eigenvalue weighted by atomic mass is 10.2. The molecule has 2 N–H and O–H groups in total. The van der Waals surface area contributed by atoms with E-state index in [2.05, 4.69) is 20.5 Å². The van der Waals surface area contributed by atoms with Crippen molar-refractivity contribution in [3.05, 3.63) is 52.1 Å². The van der Waals surface area contributed by atoms with Crippen LogP contribution in [0.25, 0.3) is 0 Å². The number of nitrogens with one attached hydrogen (secondary N) is 2. The Hall–Kier alpha value is -2.77. The summed E-state index contributed by atoms with van der Waals surface area (Å²) in [5.41, 5.74) is 0.335. The number of aromatic amines is 1. The summed E-state index contributed by atoms with van der Waals surface area (Å²) in [6, 6.07) is 5.43. The van der Waals surface area contributed by atoms with Gasteiger partial charge in [-0.3, -0.25) is 20.0 Å². The predicted octanol–water partition coefficient (Wildman–Crippen LogP) is 0.685. The standard InChI is InChI=1S/C11H11N5O3/c17-11(12-6-5-10-13-7-14-15-10)8-1-3-9(4-2-8)16(18)19/h1-4,7H,5-6H2,(H,12,17)(H,13,14,15). The summed E-state index contributed by atoms with van der Waals surface area (Å²) < 4.78 is 0. The number of nitro groups is 1. The topological polar surface area (TPSA) is 114 Å². The van der Waals surface area contributed by atoms with E-state index in [1.54, 1.807) is 0 Å². The van der Waals surface area contributed by atoms with Gasteiger partial charge >= 0.3 is 0 Å². The Morgan fingerprint density at radius 2 is 2.11 bits per heavy atom. The van der Waals surface area contributed by atoms with Gasteiger partial charge in [-0.2, -0.15) is 5.10 Å². The average molecular weight is 261 g/mol. The van der Waals surface area contributed by atoms with Gasteiger partial charge in [-0.1, -0.05) is 0 Å². The molecule has 1 aromatic heterocycles. The summed E-state index contributed by atoms with van der Waals surface area (Å²) in [5.74, 6) is 0.401.